The molecule has 5 fully saturated rings. The lowest BCUT2D eigenvalue weighted by molar-refractivity contribution is -0.127. The molecule has 1 saturated carbocycles. The van der Waals surface area contributed by atoms with Gasteiger partial charge in [0.2, 0.25) is 5.91 Å². The second kappa shape index (κ2) is 20.4. The van der Waals surface area contributed by atoms with E-state index in [1.165, 1.54) is 30.6 Å². The molecule has 1 aromatic rings. The van der Waals surface area contributed by atoms with Gasteiger partial charge in [-0.1, -0.05) is 25.3 Å². The molecular weight excluding hydrogens is 669 g/mol. The van der Waals surface area contributed by atoms with Gasteiger partial charge in [0.15, 0.2) is 0 Å². The average Bonchev–Trinajstić information content (AvgIpc) is 3.72. The van der Waals surface area contributed by atoms with Crippen molar-refractivity contribution in [2.75, 3.05) is 65.6 Å². The number of rotatable bonds is 8. The molecule has 0 bridgehead atoms. The number of hydrogen-bond acceptors (Lipinski definition) is 9. The second-order valence-corrected chi connectivity index (χ2v) is 15.7. The van der Waals surface area contributed by atoms with E-state index in [4.69, 9.17) is 9.47 Å². The molecule has 6 rings (SSSR count). The van der Waals surface area contributed by atoms with Crippen LogP contribution in [0.3, 0.4) is 0 Å². The maximum Gasteiger partial charge on any atom is 0.409 e. The molecule has 12 nitrogen and oxygen atoms in total. The largest absolute Gasteiger partial charge is 0.450 e. The van der Waals surface area contributed by atoms with Crippen molar-refractivity contribution < 1.29 is 31.5 Å². The first-order chi connectivity index (χ1) is 24.8. The van der Waals surface area contributed by atoms with Gasteiger partial charge in [-0.3, -0.25) is 19.4 Å². The minimum atomic E-state index is -0.194. The van der Waals surface area contributed by atoms with Crippen molar-refractivity contribution in [1.82, 2.24) is 30.2 Å². The summed E-state index contributed by atoms with van der Waals surface area (Å²) < 4.78 is 10.2. The van der Waals surface area contributed by atoms with Crippen LogP contribution in [0, 0.1) is 5.92 Å². The smallest absolute Gasteiger partial charge is 0.409 e. The maximum absolute atomic E-state index is 12.5. The molecule has 4 aliphatic heterocycles. The topological polar surface area (TPSA) is 124 Å². The first-order valence-corrected chi connectivity index (χ1v) is 20.7. The molecule has 2 atom stereocenters. The van der Waals surface area contributed by atoms with Gasteiger partial charge >= 0.3 is 12.2 Å². The zero-order valence-electron chi connectivity index (χ0n) is 31.0. The Hall–Kier alpha value is -2.90. The first kappa shape index (κ1) is 39.3. The highest BCUT2D eigenvalue weighted by atomic mass is 32.1. The molecule has 1 aliphatic carbocycles. The molecule has 5 heterocycles. The number of amides is 4. The maximum atomic E-state index is 12.5. The highest BCUT2D eigenvalue weighted by molar-refractivity contribution is 7.12. The molecule has 290 valence electrons. The van der Waals surface area contributed by atoms with Gasteiger partial charge in [-0.15, -0.1) is 11.3 Å². The van der Waals surface area contributed by atoms with Crippen LogP contribution in [0.2, 0.25) is 0 Å². The lowest BCUT2D eigenvalue weighted by Crippen LogP contribution is -2.54. The van der Waals surface area contributed by atoms with E-state index in [9.17, 15) is 19.2 Å². The minimum Gasteiger partial charge on any atom is -0.450 e. The number of nitrogens with one attached hydrogen (secondary N) is 2. The van der Waals surface area contributed by atoms with Crippen LogP contribution >= 0.6 is 11.3 Å². The number of carbonyl (C=O) groups is 4. The Morgan fingerprint density at radius 2 is 1.20 bits per heavy atom. The highest BCUT2D eigenvalue weighted by Crippen LogP contribution is 2.26. The number of hydrogen-bond donors (Lipinski definition) is 2. The zero-order valence-corrected chi connectivity index (χ0v) is 31.8. The fourth-order valence-electron chi connectivity index (χ4n) is 8.52. The van der Waals surface area contributed by atoms with Crippen molar-refractivity contribution in [2.45, 2.75) is 121 Å². The molecule has 5 aliphatic rings. The Kier molecular flexibility index (Phi) is 15.7. The van der Waals surface area contributed by atoms with Crippen molar-refractivity contribution in [3.63, 3.8) is 0 Å². The van der Waals surface area contributed by atoms with Crippen LogP contribution in [0.4, 0.5) is 9.59 Å². The van der Waals surface area contributed by atoms with Crippen molar-refractivity contribution in [3.8, 4) is 0 Å². The third-order valence-electron chi connectivity index (χ3n) is 11.3. The summed E-state index contributed by atoms with van der Waals surface area (Å²) in [5.41, 5.74) is 0. The van der Waals surface area contributed by atoms with Gasteiger partial charge < -0.3 is 29.9 Å². The predicted molar refractivity (Wildman–Crippen MR) is 203 cm³/mol. The van der Waals surface area contributed by atoms with Crippen LogP contribution in [0.15, 0.2) is 17.5 Å². The minimum absolute atomic E-state index is 0. The summed E-state index contributed by atoms with van der Waals surface area (Å²) >= 11 is 1.48. The number of piperidine rings is 4. The summed E-state index contributed by atoms with van der Waals surface area (Å²) in [5.74, 6) is 0.569. The van der Waals surface area contributed by atoms with Gasteiger partial charge in [-0.05, 0) is 103 Å². The standard InChI is InChI=1S/C20H35N3O3.C18H27N3O3S.2H2/c1-2-26-20(25)22-13-10-18(11-14-22)23-12-6-9-17(15-23)21-19(24)16-7-4-3-5-8-16;1-2-24-18(23)20-10-7-15(8-11-20)21-9-3-5-14(13-21)19-17(22)16-6-4-12-25-16;;/h16-18H,2-15H2,1H3,(H,21,24);4,6,12,14-15H,2-3,5,7-11,13H2,1H3,(H,19,22);2*1H/t17-;;;/m1.../s1. The van der Waals surface area contributed by atoms with E-state index in [1.54, 1.807) is 4.90 Å². The molecule has 0 aromatic carbocycles. The Morgan fingerprint density at radius 1 is 0.686 bits per heavy atom. The summed E-state index contributed by atoms with van der Waals surface area (Å²) in [7, 11) is 0. The van der Waals surface area contributed by atoms with Crippen molar-refractivity contribution in [2.24, 2.45) is 5.92 Å². The van der Waals surface area contributed by atoms with Crippen LogP contribution in [0.5, 0.6) is 0 Å². The lowest BCUT2D eigenvalue weighted by atomic mass is 9.88. The fraction of sp³-hybridized carbons (Fsp3) is 0.789. The van der Waals surface area contributed by atoms with Crippen LogP contribution in [-0.2, 0) is 14.3 Å². The first-order valence-electron chi connectivity index (χ1n) is 19.8. The monoisotopic (exact) mass is 734 g/mol. The van der Waals surface area contributed by atoms with Crippen LogP contribution in [0.25, 0.3) is 0 Å². The summed E-state index contributed by atoms with van der Waals surface area (Å²) in [6.45, 7) is 11.7. The van der Waals surface area contributed by atoms with E-state index in [0.29, 0.717) is 31.3 Å². The quantitative estimate of drug-likeness (QED) is 0.343. The number of likely N-dealkylation sites (tertiary alicyclic amines) is 4. The second-order valence-electron chi connectivity index (χ2n) is 14.8. The summed E-state index contributed by atoms with van der Waals surface area (Å²) in [5, 5.41) is 8.45. The van der Waals surface area contributed by atoms with Gasteiger partial charge in [0.25, 0.3) is 5.91 Å². The number of thiophene rings is 1. The van der Waals surface area contributed by atoms with Gasteiger partial charge in [0, 0.05) is 72.2 Å². The molecule has 1 unspecified atom stereocenters. The molecule has 2 N–H and O–H groups in total. The van der Waals surface area contributed by atoms with Gasteiger partial charge in [0.1, 0.15) is 0 Å². The number of ether oxygens (including phenoxy) is 2. The van der Waals surface area contributed by atoms with Crippen molar-refractivity contribution in [1.29, 1.82) is 0 Å². The van der Waals surface area contributed by atoms with Crippen molar-refractivity contribution >= 4 is 35.3 Å². The Bertz CT molecular complexity index is 1240. The fourth-order valence-corrected chi connectivity index (χ4v) is 9.14. The Balaban J connectivity index is 0.000000275. The lowest BCUT2D eigenvalue weighted by Gasteiger charge is -2.42. The summed E-state index contributed by atoms with van der Waals surface area (Å²) in [4.78, 5) is 57.9. The Morgan fingerprint density at radius 3 is 1.67 bits per heavy atom. The third-order valence-corrected chi connectivity index (χ3v) is 12.2. The molecule has 0 spiro atoms. The van der Waals surface area contributed by atoms with E-state index in [0.717, 1.165) is 121 Å². The molecule has 51 heavy (non-hydrogen) atoms. The average molecular weight is 735 g/mol. The molecule has 0 radical (unpaired) electrons. The van der Waals surface area contributed by atoms with Crippen LogP contribution in [-0.4, -0.2) is 133 Å². The van der Waals surface area contributed by atoms with E-state index in [2.05, 4.69) is 20.4 Å². The zero-order chi connectivity index (χ0) is 36.0. The van der Waals surface area contributed by atoms with E-state index in [-0.39, 0.29) is 38.8 Å². The van der Waals surface area contributed by atoms with Gasteiger partial charge in [-0.2, -0.15) is 0 Å². The molecule has 4 saturated heterocycles. The molecular formula is C38H66N6O6S. The normalized spacial score (nSPS) is 24.6. The third kappa shape index (κ3) is 11.8. The van der Waals surface area contributed by atoms with Crippen LogP contribution < -0.4 is 10.6 Å². The highest BCUT2D eigenvalue weighted by Gasteiger charge is 2.33. The van der Waals surface area contributed by atoms with Crippen LogP contribution in [0.1, 0.15) is 110 Å². The number of carbonyl (C=O) groups excluding carboxylic acids is 4. The molecule has 4 amide bonds. The molecule has 13 heteroatoms. The summed E-state index contributed by atoms with van der Waals surface area (Å²) in [6, 6.07) is 5.30. The SMILES string of the molecule is CCOC(=O)N1CCC(N2CCCC(NC(=O)c3cccs3)C2)CC1.CCOC(=O)N1CCC(N2CCC[C@@H](NC(=O)C3CCCCC3)C2)CC1.[HH].[HH]. The van der Waals surface area contributed by atoms with E-state index in [1.807, 2.05) is 36.3 Å². The molecule has 1 aromatic heterocycles. The van der Waals surface area contributed by atoms with E-state index < -0.39 is 0 Å². The predicted octanol–water partition coefficient (Wildman–Crippen LogP) is 5.82. The van der Waals surface area contributed by atoms with Gasteiger partial charge in [-0.25, -0.2) is 9.59 Å². The van der Waals surface area contributed by atoms with Gasteiger partial charge in [0.05, 0.1) is 18.1 Å². The number of nitrogens with zero attached hydrogens (tertiary/aromatic N) is 4. The van der Waals surface area contributed by atoms with E-state index >= 15 is 0 Å². The van der Waals surface area contributed by atoms with Crippen molar-refractivity contribution in [3.05, 3.63) is 22.4 Å². The Labute approximate surface area is 311 Å². The summed E-state index contributed by atoms with van der Waals surface area (Å²) in [6.07, 6.45) is 13.8.